The second-order valence-corrected chi connectivity index (χ2v) is 5.57. The zero-order valence-corrected chi connectivity index (χ0v) is 10.5. The molecule has 2 saturated carbocycles. The highest BCUT2D eigenvalue weighted by Crippen LogP contribution is 2.26. The molecule has 0 spiro atoms. The minimum Gasteiger partial charge on any atom is -0.0814 e. The molecule has 0 aromatic carbocycles. The molecule has 0 saturated heterocycles. The van der Waals surface area contributed by atoms with Gasteiger partial charge in [-0.3, -0.25) is 0 Å². The Bertz CT molecular complexity index is 198. The van der Waals surface area contributed by atoms with E-state index in [1.807, 2.05) is 0 Å². The number of rotatable bonds is 3. The predicted octanol–water partition coefficient (Wildman–Crippen LogP) is 5.26. The van der Waals surface area contributed by atoms with Crippen molar-refractivity contribution < 1.29 is 0 Å². The fourth-order valence-corrected chi connectivity index (χ4v) is 3.10. The molecule has 2 rings (SSSR count). The average Bonchev–Trinajstić information content (AvgIpc) is 2.37. The van der Waals surface area contributed by atoms with Gasteiger partial charge in [-0.1, -0.05) is 62.8 Å². The maximum atomic E-state index is 2.44. The molecule has 0 heteroatoms. The Balaban J connectivity index is 1.68. The summed E-state index contributed by atoms with van der Waals surface area (Å²) in [4.78, 5) is 0. The first-order valence-corrected chi connectivity index (χ1v) is 7.30. The van der Waals surface area contributed by atoms with E-state index in [1.54, 1.807) is 0 Å². The van der Waals surface area contributed by atoms with Gasteiger partial charge in [-0.25, -0.2) is 0 Å². The van der Waals surface area contributed by atoms with Gasteiger partial charge in [0.15, 0.2) is 0 Å². The van der Waals surface area contributed by atoms with Crippen LogP contribution in [0.5, 0.6) is 0 Å². The summed E-state index contributed by atoms with van der Waals surface area (Å²) in [6.45, 7) is 0. The molecule has 2 aliphatic rings. The van der Waals surface area contributed by atoms with Crippen molar-refractivity contribution in [2.75, 3.05) is 0 Å². The number of hydrogen-bond donors (Lipinski definition) is 0. The first kappa shape index (κ1) is 12.0. The monoisotopic (exact) mass is 218 g/mol. The minimum absolute atomic E-state index is 0.879. The number of allylic oxidation sites excluding steroid dienone is 4. The lowest BCUT2D eigenvalue weighted by Gasteiger charge is -2.18. The molecule has 0 atom stereocenters. The van der Waals surface area contributed by atoms with Crippen LogP contribution < -0.4 is 0 Å². The van der Waals surface area contributed by atoms with Crippen molar-refractivity contribution in [3.8, 4) is 0 Å². The molecular weight excluding hydrogens is 192 g/mol. The van der Waals surface area contributed by atoms with Gasteiger partial charge in [-0.15, -0.1) is 0 Å². The van der Waals surface area contributed by atoms with Crippen LogP contribution in [0.4, 0.5) is 0 Å². The summed E-state index contributed by atoms with van der Waals surface area (Å²) in [5.41, 5.74) is 0. The van der Waals surface area contributed by atoms with Gasteiger partial charge in [0.2, 0.25) is 0 Å². The van der Waals surface area contributed by atoms with Crippen molar-refractivity contribution in [3.05, 3.63) is 24.3 Å². The standard InChI is InChI=1S/C16H26/c1-3-9-15(10-4-1)13-7-8-14-16-11-5-2-6-12-16/h7-8,13-16H,1-6,9-12H2/b13-7+,14-8+. The van der Waals surface area contributed by atoms with E-state index < -0.39 is 0 Å². The summed E-state index contributed by atoms with van der Waals surface area (Å²) in [6, 6.07) is 0. The summed E-state index contributed by atoms with van der Waals surface area (Å²) < 4.78 is 0. The third-order valence-electron chi connectivity index (χ3n) is 4.18. The molecule has 0 nitrogen and oxygen atoms in total. The smallest absolute Gasteiger partial charge is 0.0230 e. The van der Waals surface area contributed by atoms with Crippen LogP contribution in [0.15, 0.2) is 24.3 Å². The Labute approximate surface area is 101 Å². The van der Waals surface area contributed by atoms with Crippen molar-refractivity contribution in [3.63, 3.8) is 0 Å². The molecule has 16 heavy (non-hydrogen) atoms. The average molecular weight is 218 g/mol. The second-order valence-electron chi connectivity index (χ2n) is 5.57. The molecule has 0 aromatic rings. The summed E-state index contributed by atoms with van der Waals surface area (Å²) >= 11 is 0. The normalized spacial score (nSPS) is 25.8. The molecule has 90 valence electrons. The Morgan fingerprint density at radius 3 is 1.25 bits per heavy atom. The minimum atomic E-state index is 0.879. The molecule has 0 aliphatic heterocycles. The summed E-state index contributed by atoms with van der Waals surface area (Å²) in [7, 11) is 0. The van der Waals surface area contributed by atoms with Crippen molar-refractivity contribution in [2.24, 2.45) is 11.8 Å². The van der Waals surface area contributed by atoms with E-state index in [9.17, 15) is 0 Å². The third-order valence-corrected chi connectivity index (χ3v) is 4.18. The molecule has 0 unspecified atom stereocenters. The highest BCUT2D eigenvalue weighted by atomic mass is 14.2. The van der Waals surface area contributed by atoms with E-state index in [-0.39, 0.29) is 0 Å². The zero-order valence-electron chi connectivity index (χ0n) is 10.5. The van der Waals surface area contributed by atoms with Crippen LogP contribution >= 0.6 is 0 Å². The van der Waals surface area contributed by atoms with Gasteiger partial charge in [0, 0.05) is 0 Å². The maximum Gasteiger partial charge on any atom is -0.0230 e. The molecule has 0 heterocycles. The predicted molar refractivity (Wildman–Crippen MR) is 71.4 cm³/mol. The van der Waals surface area contributed by atoms with Crippen LogP contribution in [0.3, 0.4) is 0 Å². The molecule has 0 bridgehead atoms. The lowest BCUT2D eigenvalue weighted by Crippen LogP contribution is -2.03. The number of hydrogen-bond acceptors (Lipinski definition) is 0. The maximum absolute atomic E-state index is 2.44. The van der Waals surface area contributed by atoms with Crippen LogP contribution in [0.2, 0.25) is 0 Å². The zero-order chi connectivity index (χ0) is 11.1. The Hall–Kier alpha value is -0.520. The lowest BCUT2D eigenvalue weighted by atomic mass is 9.88. The van der Waals surface area contributed by atoms with Crippen LogP contribution in [0.25, 0.3) is 0 Å². The molecular formula is C16H26. The van der Waals surface area contributed by atoms with Crippen LogP contribution in [0.1, 0.15) is 64.2 Å². The summed E-state index contributed by atoms with van der Waals surface area (Å²) in [5, 5.41) is 0. The fraction of sp³-hybridized carbons (Fsp3) is 0.750. The summed E-state index contributed by atoms with van der Waals surface area (Å²) in [5.74, 6) is 1.76. The van der Waals surface area contributed by atoms with Crippen LogP contribution in [-0.2, 0) is 0 Å². The van der Waals surface area contributed by atoms with Crippen LogP contribution in [0, 0.1) is 11.8 Å². The van der Waals surface area contributed by atoms with Gasteiger partial charge < -0.3 is 0 Å². The molecule has 0 amide bonds. The molecule has 0 N–H and O–H groups in total. The second kappa shape index (κ2) is 6.93. The molecule has 2 aliphatic carbocycles. The third kappa shape index (κ3) is 4.15. The molecule has 0 aromatic heterocycles. The molecule has 0 radical (unpaired) electrons. The molecule has 2 fully saturated rings. The van der Waals surface area contributed by atoms with Gasteiger partial charge in [-0.2, -0.15) is 0 Å². The summed E-state index contributed by atoms with van der Waals surface area (Å²) in [6.07, 6.45) is 23.9. The highest BCUT2D eigenvalue weighted by molar-refractivity contribution is 5.06. The van der Waals surface area contributed by atoms with E-state index in [1.165, 1.54) is 64.2 Å². The van der Waals surface area contributed by atoms with Crippen molar-refractivity contribution in [2.45, 2.75) is 64.2 Å². The van der Waals surface area contributed by atoms with Crippen LogP contribution in [-0.4, -0.2) is 0 Å². The van der Waals surface area contributed by atoms with Gasteiger partial charge in [0.25, 0.3) is 0 Å². The fourth-order valence-electron chi connectivity index (χ4n) is 3.10. The van der Waals surface area contributed by atoms with E-state index in [2.05, 4.69) is 24.3 Å². The van der Waals surface area contributed by atoms with Gasteiger partial charge in [0.05, 0.1) is 0 Å². The van der Waals surface area contributed by atoms with E-state index in [4.69, 9.17) is 0 Å². The van der Waals surface area contributed by atoms with Gasteiger partial charge >= 0.3 is 0 Å². The Morgan fingerprint density at radius 2 is 0.875 bits per heavy atom. The quantitative estimate of drug-likeness (QED) is 0.567. The van der Waals surface area contributed by atoms with E-state index >= 15 is 0 Å². The first-order valence-electron chi connectivity index (χ1n) is 7.30. The topological polar surface area (TPSA) is 0 Å². The first-order chi connectivity index (χ1) is 7.95. The van der Waals surface area contributed by atoms with Crippen molar-refractivity contribution in [1.82, 2.24) is 0 Å². The van der Waals surface area contributed by atoms with Crippen molar-refractivity contribution in [1.29, 1.82) is 0 Å². The van der Waals surface area contributed by atoms with Gasteiger partial charge in [-0.05, 0) is 37.5 Å². The SMILES string of the molecule is C(/C=C/C1CCCCC1)=C\C1CCCCC1. The lowest BCUT2D eigenvalue weighted by molar-refractivity contribution is 0.418. The highest BCUT2D eigenvalue weighted by Gasteiger charge is 2.10. The van der Waals surface area contributed by atoms with Crippen molar-refractivity contribution >= 4 is 0 Å². The van der Waals surface area contributed by atoms with E-state index in [0.717, 1.165) is 11.8 Å². The Kier molecular flexibility index (Phi) is 5.18. The largest absolute Gasteiger partial charge is 0.0814 e. The van der Waals surface area contributed by atoms with Gasteiger partial charge in [0.1, 0.15) is 0 Å². The van der Waals surface area contributed by atoms with E-state index in [0.29, 0.717) is 0 Å². The Morgan fingerprint density at radius 1 is 0.500 bits per heavy atom.